The zero-order valence-electron chi connectivity index (χ0n) is 17.3. The molecular weight excluding hydrogens is 372 g/mol. The van der Waals surface area contributed by atoms with Crippen LogP contribution in [0.2, 0.25) is 0 Å². The lowest BCUT2D eigenvalue weighted by molar-refractivity contribution is -0.132. The summed E-state index contributed by atoms with van der Waals surface area (Å²) in [4.78, 5) is 21.5. The quantitative estimate of drug-likeness (QED) is 0.856. The van der Waals surface area contributed by atoms with Crippen molar-refractivity contribution < 1.29 is 4.79 Å². The molecule has 2 saturated carbocycles. The molecule has 0 unspecified atom stereocenters. The third kappa shape index (κ3) is 3.12. The molecule has 0 spiro atoms. The van der Waals surface area contributed by atoms with Crippen LogP contribution in [0.5, 0.6) is 0 Å². The molecule has 1 aromatic carbocycles. The van der Waals surface area contributed by atoms with Crippen molar-refractivity contribution in [1.29, 1.82) is 0 Å². The van der Waals surface area contributed by atoms with Gasteiger partial charge in [-0.15, -0.1) is 0 Å². The lowest BCUT2D eigenvalue weighted by atomic mass is 9.99. The second kappa shape index (κ2) is 6.67. The zero-order valence-corrected chi connectivity index (χ0v) is 17.3. The number of anilines is 1. The summed E-state index contributed by atoms with van der Waals surface area (Å²) in [7, 11) is 0. The smallest absolute Gasteiger partial charge is 0.225 e. The van der Waals surface area contributed by atoms with Crippen molar-refractivity contribution in [2.45, 2.75) is 37.6 Å². The number of allylic oxidation sites excluding steroid dienone is 1. The van der Waals surface area contributed by atoms with E-state index in [4.69, 9.17) is 5.73 Å². The maximum Gasteiger partial charge on any atom is 0.225 e. The van der Waals surface area contributed by atoms with Crippen LogP contribution < -0.4 is 10.6 Å². The van der Waals surface area contributed by atoms with Crippen LogP contribution in [0.15, 0.2) is 36.5 Å². The molecule has 1 aromatic heterocycles. The molecule has 5 nitrogen and oxygen atoms in total. The summed E-state index contributed by atoms with van der Waals surface area (Å²) in [6, 6.07) is 10.9. The van der Waals surface area contributed by atoms with E-state index in [2.05, 4.69) is 51.2 Å². The molecular formula is C25H28N4O. The van der Waals surface area contributed by atoms with Gasteiger partial charge in [-0.1, -0.05) is 24.3 Å². The molecule has 1 amide bonds. The van der Waals surface area contributed by atoms with E-state index in [1.807, 2.05) is 6.20 Å². The van der Waals surface area contributed by atoms with E-state index in [-0.39, 0.29) is 5.54 Å². The van der Waals surface area contributed by atoms with Gasteiger partial charge in [0.05, 0.1) is 5.69 Å². The minimum absolute atomic E-state index is 0.0800. The zero-order chi connectivity index (χ0) is 20.3. The summed E-state index contributed by atoms with van der Waals surface area (Å²) in [5, 5.41) is 0. The molecule has 1 aliphatic heterocycles. The van der Waals surface area contributed by atoms with Gasteiger partial charge in [0.25, 0.3) is 0 Å². The largest absolute Gasteiger partial charge is 0.367 e. The van der Waals surface area contributed by atoms with Crippen molar-refractivity contribution >= 4 is 23.2 Å². The summed E-state index contributed by atoms with van der Waals surface area (Å²) in [6.45, 7) is 3.44. The Morgan fingerprint density at radius 1 is 1.03 bits per heavy atom. The predicted molar refractivity (Wildman–Crippen MR) is 119 cm³/mol. The Hall–Kier alpha value is -2.66. The Morgan fingerprint density at radius 2 is 1.77 bits per heavy atom. The highest BCUT2D eigenvalue weighted by molar-refractivity contribution is 5.92. The number of carbonyl (C=O) groups excluding carboxylic acids is 1. The number of carbonyl (C=O) groups is 1. The van der Waals surface area contributed by atoms with Crippen LogP contribution in [-0.4, -0.2) is 42.0 Å². The molecule has 154 valence electrons. The number of piperazine rings is 1. The fourth-order valence-corrected chi connectivity index (χ4v) is 4.87. The van der Waals surface area contributed by atoms with E-state index >= 15 is 0 Å². The van der Waals surface area contributed by atoms with E-state index < -0.39 is 0 Å². The number of hydrogen-bond donors (Lipinski definition) is 1. The van der Waals surface area contributed by atoms with Gasteiger partial charge in [-0.25, -0.2) is 0 Å². The fraction of sp³-hybridized carbons (Fsp3) is 0.440. The first-order chi connectivity index (χ1) is 14.6. The third-order valence-corrected chi connectivity index (χ3v) is 7.20. The van der Waals surface area contributed by atoms with Crippen LogP contribution in [0.1, 0.15) is 48.1 Å². The molecule has 5 heteroatoms. The average Bonchev–Trinajstić information content (AvgIpc) is 3.72. The van der Waals surface area contributed by atoms with E-state index in [9.17, 15) is 4.79 Å². The molecule has 0 atom stereocenters. The molecule has 1 saturated heterocycles. The van der Waals surface area contributed by atoms with Crippen molar-refractivity contribution in [3.05, 3.63) is 58.9 Å². The molecule has 30 heavy (non-hydrogen) atoms. The number of fused-ring (bicyclic) bond motifs is 1. The highest BCUT2D eigenvalue weighted by Crippen LogP contribution is 2.43. The van der Waals surface area contributed by atoms with Crippen LogP contribution in [0.3, 0.4) is 0 Å². The van der Waals surface area contributed by atoms with Gasteiger partial charge in [0, 0.05) is 61.5 Å². The van der Waals surface area contributed by atoms with E-state index in [1.54, 1.807) is 0 Å². The fourth-order valence-electron chi connectivity index (χ4n) is 4.87. The number of hydrogen-bond acceptors (Lipinski definition) is 4. The Kier molecular flexibility index (Phi) is 4.03. The van der Waals surface area contributed by atoms with Crippen LogP contribution >= 0.6 is 0 Å². The standard InChI is InChI=1S/C25H28N4O/c26-25(8-9-25)20-5-3-17(4-6-20)19-15-21-22(16-19)27-10-7-23(21)28-11-13-29(14-12-28)24(30)18-1-2-18/h3-7,10,15,18H,1-2,8-9,11-14,16,26H2. The lowest BCUT2D eigenvalue weighted by Gasteiger charge is -2.37. The minimum atomic E-state index is -0.0800. The molecule has 6 rings (SSSR count). The Morgan fingerprint density at radius 3 is 2.43 bits per heavy atom. The number of nitrogens with zero attached hydrogens (tertiary/aromatic N) is 3. The first kappa shape index (κ1) is 18.1. The second-order valence-corrected chi connectivity index (χ2v) is 9.36. The minimum Gasteiger partial charge on any atom is -0.367 e. The topological polar surface area (TPSA) is 62.5 Å². The predicted octanol–water partition coefficient (Wildman–Crippen LogP) is 3.18. The summed E-state index contributed by atoms with van der Waals surface area (Å²) in [5.41, 5.74) is 13.7. The number of nitrogens with two attached hydrogens (primary N) is 1. The molecule has 0 bridgehead atoms. The van der Waals surface area contributed by atoms with Gasteiger partial charge in [0.15, 0.2) is 0 Å². The lowest BCUT2D eigenvalue weighted by Crippen LogP contribution is -2.49. The van der Waals surface area contributed by atoms with Gasteiger partial charge < -0.3 is 15.5 Å². The normalized spacial score (nSPS) is 22.0. The number of amides is 1. The van der Waals surface area contributed by atoms with Crippen LogP contribution in [0.25, 0.3) is 11.6 Å². The molecule has 2 aromatic rings. The van der Waals surface area contributed by atoms with Crippen molar-refractivity contribution in [2.24, 2.45) is 11.7 Å². The Bertz CT molecular complexity index is 1030. The monoisotopic (exact) mass is 400 g/mol. The van der Waals surface area contributed by atoms with Gasteiger partial charge in [-0.2, -0.15) is 0 Å². The molecule has 0 radical (unpaired) electrons. The maximum atomic E-state index is 12.4. The van der Waals surface area contributed by atoms with Gasteiger partial charge in [-0.05, 0) is 54.5 Å². The number of rotatable bonds is 4. The molecule has 3 fully saturated rings. The molecule has 2 N–H and O–H groups in total. The second-order valence-electron chi connectivity index (χ2n) is 9.36. The first-order valence-electron chi connectivity index (χ1n) is 11.2. The van der Waals surface area contributed by atoms with Crippen molar-refractivity contribution in [3.8, 4) is 0 Å². The third-order valence-electron chi connectivity index (χ3n) is 7.20. The van der Waals surface area contributed by atoms with Gasteiger partial charge in [0.2, 0.25) is 5.91 Å². The summed E-state index contributed by atoms with van der Waals surface area (Å²) in [6.07, 6.45) is 9.46. The molecule has 4 aliphatic rings. The van der Waals surface area contributed by atoms with Crippen LogP contribution in [0.4, 0.5) is 5.69 Å². The van der Waals surface area contributed by atoms with E-state index in [1.165, 1.54) is 28.0 Å². The van der Waals surface area contributed by atoms with Crippen molar-refractivity contribution in [3.63, 3.8) is 0 Å². The average molecular weight is 401 g/mol. The van der Waals surface area contributed by atoms with Gasteiger partial charge in [-0.3, -0.25) is 9.78 Å². The Labute approximate surface area is 177 Å². The summed E-state index contributed by atoms with van der Waals surface area (Å²) >= 11 is 0. The number of benzene rings is 1. The highest BCUT2D eigenvalue weighted by Gasteiger charge is 2.40. The van der Waals surface area contributed by atoms with Crippen molar-refractivity contribution in [1.82, 2.24) is 9.88 Å². The van der Waals surface area contributed by atoms with Crippen LogP contribution in [0, 0.1) is 5.92 Å². The van der Waals surface area contributed by atoms with E-state index in [0.717, 1.165) is 64.0 Å². The maximum absolute atomic E-state index is 12.4. The van der Waals surface area contributed by atoms with Gasteiger partial charge >= 0.3 is 0 Å². The number of aromatic nitrogens is 1. The Balaban J connectivity index is 1.21. The highest BCUT2D eigenvalue weighted by atomic mass is 16.2. The molecule has 2 heterocycles. The molecule has 3 aliphatic carbocycles. The first-order valence-corrected chi connectivity index (χ1v) is 11.2. The van der Waals surface area contributed by atoms with Crippen molar-refractivity contribution in [2.75, 3.05) is 31.1 Å². The van der Waals surface area contributed by atoms with Crippen LogP contribution in [-0.2, 0) is 16.8 Å². The SMILES string of the molecule is NC1(c2ccc(C3=Cc4c(N5CCN(C(=O)C6CC6)CC5)ccnc4C3)cc2)CC1. The van der Waals surface area contributed by atoms with Gasteiger partial charge in [0.1, 0.15) is 0 Å². The van der Waals surface area contributed by atoms with E-state index in [0.29, 0.717) is 11.8 Å². The summed E-state index contributed by atoms with van der Waals surface area (Å²) in [5.74, 6) is 0.679. The summed E-state index contributed by atoms with van der Waals surface area (Å²) < 4.78 is 0. The number of pyridine rings is 1.